The van der Waals surface area contributed by atoms with Crippen LogP contribution in [0.2, 0.25) is 5.02 Å². The molecule has 0 unspecified atom stereocenters. The van der Waals surface area contributed by atoms with E-state index in [1.807, 2.05) is 12.1 Å². The quantitative estimate of drug-likeness (QED) is 0.350. The van der Waals surface area contributed by atoms with Crippen molar-refractivity contribution in [3.05, 3.63) is 30.6 Å². The van der Waals surface area contributed by atoms with Crippen LogP contribution in [0.1, 0.15) is 0 Å². The molecule has 0 fully saturated rings. The van der Waals surface area contributed by atoms with Gasteiger partial charge in [-0.1, -0.05) is 27.5 Å². The summed E-state index contributed by atoms with van der Waals surface area (Å²) >= 11 is 15.8. The predicted molar refractivity (Wildman–Crippen MR) is 67.0 cm³/mol. The van der Waals surface area contributed by atoms with Crippen molar-refractivity contribution in [3.8, 4) is 0 Å². The lowest BCUT2D eigenvalue weighted by Gasteiger charge is -1.98. The predicted octanol–water partition coefficient (Wildman–Crippen LogP) is 2.58. The van der Waals surface area contributed by atoms with Crippen molar-refractivity contribution < 1.29 is 15.1 Å². The van der Waals surface area contributed by atoms with Crippen LogP contribution in [0.25, 0.3) is 0 Å². The Morgan fingerprint density at radius 1 is 1.07 bits per heavy atom. The number of benzene rings is 1. The molecular weight excluding hydrogens is 406 g/mol. The molecule has 78 valence electrons. The molecule has 3 nitrogen and oxygen atoms in total. The van der Waals surface area contributed by atoms with Crippen LogP contribution in [-0.2, 0) is 0 Å². The van der Waals surface area contributed by atoms with Gasteiger partial charge >= 0.3 is 7.32 Å². The minimum Gasteiger partial charge on any atom is -0.402 e. The van der Waals surface area contributed by atoms with Gasteiger partial charge in [0.15, 0.2) is 0 Å². The molecule has 0 heterocycles. The molecule has 1 aromatic rings. The van der Waals surface area contributed by atoms with Crippen molar-refractivity contribution in [2.24, 2.45) is 0 Å². The number of hydrogen-bond acceptors (Lipinski definition) is 3. The van der Waals surface area contributed by atoms with Crippen molar-refractivity contribution >= 4 is 66.7 Å². The largest absolute Gasteiger partial charge is 0.631 e. The maximum atomic E-state index is 7.17. The Balaban J connectivity index is 0.000000364. The molecule has 14 heavy (non-hydrogen) atoms. The Morgan fingerprint density at radius 3 is 1.86 bits per heavy atom. The van der Waals surface area contributed by atoms with Crippen molar-refractivity contribution in [1.29, 1.82) is 0 Å². The second-order valence-electron chi connectivity index (χ2n) is 2.03. The highest BCUT2D eigenvalue weighted by molar-refractivity contribution is 9.13. The highest BCUT2D eigenvalue weighted by Crippen LogP contribution is 2.33. The Labute approximate surface area is 112 Å². The standard InChI is InChI=1S/C6H2Br3Cl.BH3O3/c7-3-1-4(8)6(9)5(10)2-3;2-1(3)4/h1-2H;2-4H. The van der Waals surface area contributed by atoms with Crippen molar-refractivity contribution in [2.75, 3.05) is 0 Å². The van der Waals surface area contributed by atoms with Crippen LogP contribution in [-0.4, -0.2) is 22.4 Å². The fourth-order valence-corrected chi connectivity index (χ4v) is 2.44. The molecule has 3 N–H and O–H groups in total. The van der Waals surface area contributed by atoms with E-state index in [9.17, 15) is 0 Å². The second kappa shape index (κ2) is 7.21. The SMILES string of the molecule is Clc1cc(Br)cc(Br)c1Br.OB(O)O. The second-order valence-corrected chi connectivity index (χ2v) is 5.00. The van der Waals surface area contributed by atoms with Crippen molar-refractivity contribution in [1.82, 2.24) is 0 Å². The van der Waals surface area contributed by atoms with Gasteiger partial charge in [0.05, 0.1) is 9.50 Å². The number of halogens is 4. The molecule has 0 aromatic heterocycles. The molecule has 1 rings (SSSR count). The monoisotopic (exact) mass is 408 g/mol. The minimum absolute atomic E-state index is 0.696. The fraction of sp³-hybridized carbons (Fsp3) is 0. The molecule has 0 aliphatic heterocycles. The molecule has 0 bridgehead atoms. The van der Waals surface area contributed by atoms with E-state index >= 15 is 0 Å². The molecule has 1 aromatic carbocycles. The van der Waals surface area contributed by atoms with Gasteiger partial charge < -0.3 is 15.1 Å². The van der Waals surface area contributed by atoms with Gasteiger partial charge in [0.1, 0.15) is 0 Å². The summed E-state index contributed by atoms with van der Waals surface area (Å²) in [4.78, 5) is 0. The lowest BCUT2D eigenvalue weighted by Crippen LogP contribution is -2.07. The van der Waals surface area contributed by atoms with Gasteiger partial charge in [-0.25, -0.2) is 0 Å². The summed E-state index contributed by atoms with van der Waals surface area (Å²) in [6.45, 7) is 0. The summed E-state index contributed by atoms with van der Waals surface area (Å²) in [5.41, 5.74) is 0. The first kappa shape index (κ1) is 14.9. The maximum Gasteiger partial charge on any atom is 0.631 e. The maximum absolute atomic E-state index is 7.17. The van der Waals surface area contributed by atoms with Crippen LogP contribution in [0.15, 0.2) is 25.6 Å². The average Bonchev–Trinajstić information content (AvgIpc) is 1.98. The zero-order chi connectivity index (χ0) is 11.3. The van der Waals surface area contributed by atoms with Gasteiger partial charge in [-0.3, -0.25) is 0 Å². The summed E-state index contributed by atoms with van der Waals surface area (Å²) in [7, 11) is -2.17. The summed E-state index contributed by atoms with van der Waals surface area (Å²) in [6, 6.07) is 3.76. The Bertz CT molecular complexity index is 285. The van der Waals surface area contributed by atoms with Crippen LogP contribution in [0, 0.1) is 0 Å². The molecule has 0 amide bonds. The lowest BCUT2D eigenvalue weighted by atomic mass is 10.3. The molecule has 0 spiro atoms. The van der Waals surface area contributed by atoms with E-state index in [-0.39, 0.29) is 0 Å². The topological polar surface area (TPSA) is 60.7 Å². The van der Waals surface area contributed by atoms with E-state index in [0.29, 0.717) is 5.02 Å². The molecule has 8 heteroatoms. The van der Waals surface area contributed by atoms with E-state index < -0.39 is 7.32 Å². The van der Waals surface area contributed by atoms with Gasteiger partial charge in [-0.05, 0) is 44.0 Å². The normalized spacial score (nSPS) is 9.07. The third-order valence-electron chi connectivity index (χ3n) is 0.949. The van der Waals surface area contributed by atoms with Crippen molar-refractivity contribution in [2.45, 2.75) is 0 Å². The molecule has 0 saturated heterocycles. The lowest BCUT2D eigenvalue weighted by molar-refractivity contribution is 0.278. The third-order valence-corrected chi connectivity index (χ3v) is 3.94. The van der Waals surface area contributed by atoms with E-state index in [0.717, 1.165) is 13.4 Å². The van der Waals surface area contributed by atoms with Crippen LogP contribution >= 0.6 is 59.4 Å². The minimum atomic E-state index is -2.17. The first-order chi connectivity index (χ1) is 6.34. The molecular formula is C6H5BBr3ClO3. The fourth-order valence-electron chi connectivity index (χ4n) is 0.525. The van der Waals surface area contributed by atoms with Gasteiger partial charge in [-0.15, -0.1) is 0 Å². The molecule has 0 aliphatic rings. The highest BCUT2D eigenvalue weighted by Gasteiger charge is 2.02. The van der Waals surface area contributed by atoms with Gasteiger partial charge in [0.2, 0.25) is 0 Å². The summed E-state index contributed by atoms with van der Waals surface area (Å²) < 4.78 is 2.80. The zero-order valence-corrected chi connectivity index (χ0v) is 12.1. The van der Waals surface area contributed by atoms with Crippen LogP contribution in [0.5, 0.6) is 0 Å². The van der Waals surface area contributed by atoms with E-state index in [4.69, 9.17) is 26.7 Å². The van der Waals surface area contributed by atoms with Gasteiger partial charge in [0, 0.05) is 8.95 Å². The highest BCUT2D eigenvalue weighted by atomic mass is 79.9. The zero-order valence-electron chi connectivity index (χ0n) is 6.59. The van der Waals surface area contributed by atoms with Crippen LogP contribution in [0.3, 0.4) is 0 Å². The number of rotatable bonds is 0. The first-order valence-corrected chi connectivity index (χ1v) is 5.94. The van der Waals surface area contributed by atoms with E-state index in [1.54, 1.807) is 0 Å². The molecule has 0 saturated carbocycles. The molecule has 0 radical (unpaired) electrons. The number of hydrogen-bond donors (Lipinski definition) is 3. The first-order valence-electron chi connectivity index (χ1n) is 3.19. The average molecular weight is 411 g/mol. The van der Waals surface area contributed by atoms with Gasteiger partial charge in [-0.2, -0.15) is 0 Å². The summed E-state index contributed by atoms with van der Waals surface area (Å²) in [6.07, 6.45) is 0. The Kier molecular flexibility index (Phi) is 7.68. The van der Waals surface area contributed by atoms with Gasteiger partial charge in [0.25, 0.3) is 0 Å². The van der Waals surface area contributed by atoms with E-state index in [1.165, 1.54) is 0 Å². The summed E-state index contributed by atoms with van der Waals surface area (Å²) in [5.74, 6) is 0. The summed E-state index contributed by atoms with van der Waals surface area (Å²) in [5, 5.41) is 22.2. The van der Waals surface area contributed by atoms with Crippen molar-refractivity contribution in [3.63, 3.8) is 0 Å². The Morgan fingerprint density at radius 2 is 1.50 bits per heavy atom. The van der Waals surface area contributed by atoms with Crippen LogP contribution < -0.4 is 0 Å². The smallest absolute Gasteiger partial charge is 0.402 e. The Hall–Kier alpha value is 0.895. The van der Waals surface area contributed by atoms with E-state index in [2.05, 4.69) is 47.8 Å². The third kappa shape index (κ3) is 6.39. The van der Waals surface area contributed by atoms with Crippen LogP contribution in [0.4, 0.5) is 0 Å². The molecule has 0 atom stereocenters. The molecule has 0 aliphatic carbocycles.